The molecule has 0 fully saturated rings. The standard InChI is InChI=1S/C26H20BrCl2N3O3S/c27-19-6-8-20(9-7-19)32(26-31-23(15-36-26)18-5-10-21(28)22(29)13-18)14-16-1-3-17(4-2-16)25(35)30-12-11-24(33)34/h1-10,13,15H,11-12,14H2,(H,30,35)(H,33,34). The highest BCUT2D eigenvalue weighted by molar-refractivity contribution is 9.10. The van der Waals surface area contributed by atoms with Crippen molar-refractivity contribution in [2.24, 2.45) is 0 Å². The number of aliphatic carboxylic acids is 1. The highest BCUT2D eigenvalue weighted by Gasteiger charge is 2.16. The Kier molecular flexibility index (Phi) is 8.64. The third-order valence-electron chi connectivity index (χ3n) is 5.26. The van der Waals surface area contributed by atoms with Gasteiger partial charge in [-0.15, -0.1) is 11.3 Å². The van der Waals surface area contributed by atoms with E-state index in [1.807, 2.05) is 47.8 Å². The molecule has 0 atom stereocenters. The molecule has 0 bridgehead atoms. The Bertz CT molecular complexity index is 1380. The average Bonchev–Trinajstić information content (AvgIpc) is 3.35. The Labute approximate surface area is 230 Å². The Morgan fingerprint density at radius 3 is 2.39 bits per heavy atom. The fourth-order valence-corrected chi connectivity index (χ4v) is 4.81. The number of amides is 1. The second-order valence-corrected chi connectivity index (χ2v) is 10.4. The number of halogens is 3. The lowest BCUT2D eigenvalue weighted by Crippen LogP contribution is -2.26. The predicted octanol–water partition coefficient (Wildman–Crippen LogP) is 7.42. The number of benzene rings is 3. The minimum Gasteiger partial charge on any atom is -0.481 e. The van der Waals surface area contributed by atoms with E-state index in [1.54, 1.807) is 24.3 Å². The number of anilines is 2. The molecular formula is C26H20BrCl2N3O3S. The largest absolute Gasteiger partial charge is 0.481 e. The maximum atomic E-state index is 12.3. The summed E-state index contributed by atoms with van der Waals surface area (Å²) in [5.41, 5.74) is 4.08. The lowest BCUT2D eigenvalue weighted by atomic mass is 10.1. The van der Waals surface area contributed by atoms with Gasteiger partial charge in [-0.2, -0.15) is 0 Å². The third-order valence-corrected chi connectivity index (χ3v) is 7.39. The molecule has 4 rings (SSSR count). The molecule has 3 aromatic carbocycles. The first-order valence-corrected chi connectivity index (χ1v) is 13.3. The summed E-state index contributed by atoms with van der Waals surface area (Å²) in [6.07, 6.45) is -0.121. The smallest absolute Gasteiger partial charge is 0.305 e. The SMILES string of the molecule is O=C(O)CCNC(=O)c1ccc(CN(c2ccc(Br)cc2)c2nc(-c3ccc(Cl)c(Cl)c3)cs2)cc1. The number of hydrogen-bond donors (Lipinski definition) is 2. The number of carboxylic acids is 1. The van der Waals surface area contributed by atoms with E-state index in [1.165, 1.54) is 11.3 Å². The molecule has 0 aliphatic rings. The number of rotatable bonds is 9. The lowest BCUT2D eigenvalue weighted by Gasteiger charge is -2.22. The van der Waals surface area contributed by atoms with Crippen LogP contribution in [-0.2, 0) is 11.3 Å². The molecule has 0 aliphatic carbocycles. The summed E-state index contributed by atoms with van der Waals surface area (Å²) >= 11 is 17.3. The maximum Gasteiger partial charge on any atom is 0.305 e. The molecule has 0 unspecified atom stereocenters. The van der Waals surface area contributed by atoms with Crippen molar-refractivity contribution in [2.75, 3.05) is 11.4 Å². The molecular weight excluding hydrogens is 585 g/mol. The first kappa shape index (κ1) is 26.2. The van der Waals surface area contributed by atoms with Gasteiger partial charge in [0.1, 0.15) is 0 Å². The summed E-state index contributed by atoms with van der Waals surface area (Å²) in [5.74, 6) is -1.26. The number of carbonyl (C=O) groups excluding carboxylic acids is 1. The van der Waals surface area contributed by atoms with Gasteiger partial charge in [-0.05, 0) is 54.1 Å². The molecule has 4 aromatic rings. The van der Waals surface area contributed by atoms with Gasteiger partial charge in [-0.3, -0.25) is 9.59 Å². The number of nitrogens with zero attached hydrogens (tertiary/aromatic N) is 2. The summed E-state index contributed by atoms with van der Waals surface area (Å²) in [6.45, 7) is 0.606. The number of carboxylic acid groups (broad SMARTS) is 1. The van der Waals surface area contributed by atoms with Gasteiger partial charge < -0.3 is 15.3 Å². The van der Waals surface area contributed by atoms with Crippen LogP contribution in [0.2, 0.25) is 10.0 Å². The van der Waals surface area contributed by atoms with Gasteiger partial charge in [0, 0.05) is 33.2 Å². The Morgan fingerprint density at radius 1 is 1.00 bits per heavy atom. The van der Waals surface area contributed by atoms with Crippen molar-refractivity contribution in [3.63, 3.8) is 0 Å². The molecule has 0 saturated carbocycles. The number of aromatic nitrogens is 1. The summed E-state index contributed by atoms with van der Waals surface area (Å²) in [7, 11) is 0. The van der Waals surface area contributed by atoms with Crippen LogP contribution in [0.5, 0.6) is 0 Å². The number of hydrogen-bond acceptors (Lipinski definition) is 5. The zero-order valence-electron chi connectivity index (χ0n) is 18.7. The van der Waals surface area contributed by atoms with Crippen LogP contribution in [0.1, 0.15) is 22.3 Å². The van der Waals surface area contributed by atoms with Crippen molar-refractivity contribution >= 4 is 73.2 Å². The van der Waals surface area contributed by atoms with Gasteiger partial charge in [0.15, 0.2) is 5.13 Å². The first-order valence-electron chi connectivity index (χ1n) is 10.8. The first-order chi connectivity index (χ1) is 17.3. The molecule has 2 N–H and O–H groups in total. The Balaban J connectivity index is 1.57. The fourth-order valence-electron chi connectivity index (χ4n) is 3.40. The van der Waals surface area contributed by atoms with Crippen LogP contribution >= 0.6 is 50.5 Å². The van der Waals surface area contributed by atoms with E-state index < -0.39 is 5.97 Å². The molecule has 0 radical (unpaired) electrons. The Hall–Kier alpha value is -2.91. The quantitative estimate of drug-likeness (QED) is 0.208. The van der Waals surface area contributed by atoms with Crippen LogP contribution in [0.25, 0.3) is 11.3 Å². The molecule has 0 saturated heterocycles. The number of nitrogens with one attached hydrogen (secondary N) is 1. The minimum absolute atomic E-state index is 0.0818. The van der Waals surface area contributed by atoms with E-state index in [0.717, 1.165) is 32.1 Å². The summed E-state index contributed by atoms with van der Waals surface area (Å²) in [5, 5.41) is 15.1. The van der Waals surface area contributed by atoms with E-state index in [2.05, 4.69) is 26.1 Å². The van der Waals surface area contributed by atoms with Crippen LogP contribution in [-0.4, -0.2) is 28.5 Å². The van der Waals surface area contributed by atoms with E-state index in [0.29, 0.717) is 22.2 Å². The number of carbonyl (C=O) groups is 2. The molecule has 36 heavy (non-hydrogen) atoms. The van der Waals surface area contributed by atoms with Crippen molar-refractivity contribution in [2.45, 2.75) is 13.0 Å². The van der Waals surface area contributed by atoms with E-state index in [4.69, 9.17) is 33.3 Å². The third kappa shape index (κ3) is 6.64. The van der Waals surface area contributed by atoms with Crippen LogP contribution < -0.4 is 10.2 Å². The van der Waals surface area contributed by atoms with Crippen LogP contribution in [0.15, 0.2) is 76.6 Å². The van der Waals surface area contributed by atoms with Gasteiger partial charge in [-0.1, -0.05) is 57.3 Å². The molecule has 1 amide bonds. The zero-order chi connectivity index (χ0) is 25.7. The predicted molar refractivity (Wildman–Crippen MR) is 149 cm³/mol. The molecule has 1 aromatic heterocycles. The average molecular weight is 605 g/mol. The monoisotopic (exact) mass is 603 g/mol. The topological polar surface area (TPSA) is 82.5 Å². The van der Waals surface area contributed by atoms with Gasteiger partial charge >= 0.3 is 5.97 Å². The van der Waals surface area contributed by atoms with Crippen molar-refractivity contribution < 1.29 is 14.7 Å². The highest BCUT2D eigenvalue weighted by atomic mass is 79.9. The van der Waals surface area contributed by atoms with Crippen molar-refractivity contribution in [1.82, 2.24) is 10.3 Å². The molecule has 184 valence electrons. The molecule has 10 heteroatoms. The van der Waals surface area contributed by atoms with E-state index >= 15 is 0 Å². The van der Waals surface area contributed by atoms with Gasteiger partial charge in [0.2, 0.25) is 0 Å². The number of thiazole rings is 1. The van der Waals surface area contributed by atoms with E-state index in [-0.39, 0.29) is 18.9 Å². The maximum absolute atomic E-state index is 12.3. The van der Waals surface area contributed by atoms with Crippen LogP contribution in [0.4, 0.5) is 10.8 Å². The molecule has 0 aliphatic heterocycles. The van der Waals surface area contributed by atoms with Gasteiger partial charge in [0.05, 0.1) is 28.7 Å². The Morgan fingerprint density at radius 2 is 1.72 bits per heavy atom. The van der Waals surface area contributed by atoms with E-state index in [9.17, 15) is 9.59 Å². The van der Waals surface area contributed by atoms with Gasteiger partial charge in [0.25, 0.3) is 5.91 Å². The second-order valence-electron chi connectivity index (χ2n) is 7.80. The summed E-state index contributed by atoms with van der Waals surface area (Å²) in [4.78, 5) is 29.9. The normalized spacial score (nSPS) is 10.8. The second kappa shape index (κ2) is 11.9. The minimum atomic E-state index is -0.955. The van der Waals surface area contributed by atoms with Crippen molar-refractivity contribution in [1.29, 1.82) is 0 Å². The molecule has 0 spiro atoms. The molecule has 6 nitrogen and oxygen atoms in total. The zero-order valence-corrected chi connectivity index (χ0v) is 22.7. The van der Waals surface area contributed by atoms with Crippen LogP contribution in [0.3, 0.4) is 0 Å². The summed E-state index contributed by atoms with van der Waals surface area (Å²) in [6, 6.07) is 20.6. The molecule has 1 heterocycles. The lowest BCUT2D eigenvalue weighted by molar-refractivity contribution is -0.136. The van der Waals surface area contributed by atoms with Crippen molar-refractivity contribution in [3.8, 4) is 11.3 Å². The summed E-state index contributed by atoms with van der Waals surface area (Å²) < 4.78 is 0.972. The fraction of sp³-hybridized carbons (Fsp3) is 0.115. The van der Waals surface area contributed by atoms with Crippen LogP contribution in [0, 0.1) is 0 Å². The highest BCUT2D eigenvalue weighted by Crippen LogP contribution is 2.35. The van der Waals surface area contributed by atoms with Crippen molar-refractivity contribution in [3.05, 3.63) is 97.8 Å². The van der Waals surface area contributed by atoms with Gasteiger partial charge in [-0.25, -0.2) is 4.98 Å².